The van der Waals surface area contributed by atoms with Gasteiger partial charge in [0.05, 0.1) is 16.1 Å². The molecule has 39 heavy (non-hydrogen) atoms. The van der Waals surface area contributed by atoms with Gasteiger partial charge in [0.2, 0.25) is 0 Å². The zero-order valence-corrected chi connectivity index (χ0v) is 21.5. The highest BCUT2D eigenvalue weighted by atomic mass is 32.1. The van der Waals surface area contributed by atoms with Crippen LogP contribution < -0.4 is 9.80 Å². The standard InChI is InChI=1S/C26H25F6N5OS/c27-25(28,29)18-2-1-3-20(14-18)35-10-12-37(13-11-35)24(38)21-16-39-23(34-21)17-5-8-36(9-6-17)22-15-19(4-7-33-22)26(30,31)32/h1-4,7,14-17H,5-6,8-13H2. The zero-order chi connectivity index (χ0) is 27.8. The van der Waals surface area contributed by atoms with E-state index in [0.29, 0.717) is 69.3 Å². The van der Waals surface area contributed by atoms with Crippen molar-refractivity contribution in [2.24, 2.45) is 0 Å². The molecule has 0 N–H and O–H groups in total. The average molecular weight is 570 g/mol. The molecule has 0 spiro atoms. The van der Waals surface area contributed by atoms with Crippen molar-refractivity contribution in [1.82, 2.24) is 14.9 Å². The first-order valence-corrected chi connectivity index (χ1v) is 13.3. The van der Waals surface area contributed by atoms with Gasteiger partial charge in [-0.1, -0.05) is 6.07 Å². The van der Waals surface area contributed by atoms with Crippen LogP contribution in [0.3, 0.4) is 0 Å². The fourth-order valence-electron chi connectivity index (χ4n) is 4.91. The number of anilines is 2. The number of rotatable bonds is 4. The monoisotopic (exact) mass is 569 g/mol. The maximum absolute atomic E-state index is 13.1. The van der Waals surface area contributed by atoms with Gasteiger partial charge in [-0.3, -0.25) is 4.79 Å². The summed E-state index contributed by atoms with van der Waals surface area (Å²) in [5.41, 5.74) is -0.622. The molecule has 2 saturated heterocycles. The lowest BCUT2D eigenvalue weighted by Gasteiger charge is -2.36. The number of carbonyl (C=O) groups is 1. The minimum atomic E-state index is -4.43. The number of amides is 1. The van der Waals surface area contributed by atoms with Crippen LogP contribution in [0.5, 0.6) is 0 Å². The minimum Gasteiger partial charge on any atom is -0.368 e. The van der Waals surface area contributed by atoms with E-state index in [4.69, 9.17) is 0 Å². The van der Waals surface area contributed by atoms with Gasteiger partial charge in [-0.25, -0.2) is 9.97 Å². The molecule has 13 heteroatoms. The molecule has 0 unspecified atom stereocenters. The van der Waals surface area contributed by atoms with Crippen LogP contribution in [0, 0.1) is 0 Å². The normalized spacial score (nSPS) is 17.5. The number of benzene rings is 1. The highest BCUT2D eigenvalue weighted by molar-refractivity contribution is 7.09. The summed E-state index contributed by atoms with van der Waals surface area (Å²) >= 11 is 1.39. The van der Waals surface area contributed by atoms with Crippen LogP contribution in [0.2, 0.25) is 0 Å². The smallest absolute Gasteiger partial charge is 0.368 e. The molecule has 4 heterocycles. The molecule has 2 aliphatic heterocycles. The maximum atomic E-state index is 13.1. The van der Waals surface area contributed by atoms with Crippen molar-refractivity contribution in [1.29, 1.82) is 0 Å². The summed E-state index contributed by atoms with van der Waals surface area (Å²) in [5.74, 6) is 0.172. The highest BCUT2D eigenvalue weighted by Gasteiger charge is 2.33. The van der Waals surface area contributed by atoms with E-state index in [1.165, 1.54) is 23.6 Å². The Hall–Kier alpha value is -3.35. The quantitative estimate of drug-likeness (QED) is 0.365. The van der Waals surface area contributed by atoms with Gasteiger partial charge in [-0.2, -0.15) is 26.3 Å². The van der Waals surface area contributed by atoms with E-state index in [1.54, 1.807) is 16.3 Å². The van der Waals surface area contributed by atoms with Gasteiger partial charge in [0.15, 0.2) is 0 Å². The van der Waals surface area contributed by atoms with Gasteiger partial charge in [-0.15, -0.1) is 11.3 Å². The summed E-state index contributed by atoms with van der Waals surface area (Å²) < 4.78 is 78.3. The Kier molecular flexibility index (Phi) is 7.45. The number of carbonyl (C=O) groups excluding carboxylic acids is 1. The fraction of sp³-hybridized carbons (Fsp3) is 0.423. The lowest BCUT2D eigenvalue weighted by Crippen LogP contribution is -2.49. The van der Waals surface area contributed by atoms with E-state index in [1.807, 2.05) is 9.80 Å². The molecule has 2 fully saturated rings. The molecule has 1 aromatic carbocycles. The predicted molar refractivity (Wildman–Crippen MR) is 135 cm³/mol. The van der Waals surface area contributed by atoms with E-state index >= 15 is 0 Å². The second-order valence-electron chi connectivity index (χ2n) is 9.56. The van der Waals surface area contributed by atoms with Crippen molar-refractivity contribution < 1.29 is 31.1 Å². The lowest BCUT2D eigenvalue weighted by molar-refractivity contribution is -0.138. The highest BCUT2D eigenvalue weighted by Crippen LogP contribution is 2.35. The third kappa shape index (κ3) is 6.13. The first-order valence-electron chi connectivity index (χ1n) is 12.4. The molecular weight excluding hydrogens is 544 g/mol. The van der Waals surface area contributed by atoms with Crippen LogP contribution >= 0.6 is 11.3 Å². The van der Waals surface area contributed by atoms with Crippen molar-refractivity contribution in [2.45, 2.75) is 31.1 Å². The van der Waals surface area contributed by atoms with E-state index < -0.39 is 23.5 Å². The Morgan fingerprint density at radius 3 is 2.18 bits per heavy atom. The molecule has 2 aromatic heterocycles. The number of hydrogen-bond acceptors (Lipinski definition) is 6. The molecule has 6 nitrogen and oxygen atoms in total. The SMILES string of the molecule is O=C(c1csc(C2CCN(c3cc(C(F)(F)F)ccn3)CC2)n1)N1CCN(c2cccc(C(F)(F)F)c2)CC1. The topological polar surface area (TPSA) is 52.6 Å². The number of thiazole rings is 1. The largest absolute Gasteiger partial charge is 0.416 e. The molecule has 2 aliphatic rings. The Morgan fingerprint density at radius 1 is 0.846 bits per heavy atom. The van der Waals surface area contributed by atoms with Crippen LogP contribution in [0.4, 0.5) is 37.8 Å². The van der Waals surface area contributed by atoms with Crippen LogP contribution in [0.1, 0.15) is 45.4 Å². The third-order valence-corrected chi connectivity index (χ3v) is 8.09. The summed E-state index contributed by atoms with van der Waals surface area (Å²) in [6.45, 7) is 2.60. The second kappa shape index (κ2) is 10.7. The molecule has 5 rings (SSSR count). The van der Waals surface area contributed by atoms with Crippen LogP contribution in [-0.2, 0) is 12.4 Å². The van der Waals surface area contributed by atoms with Crippen molar-refractivity contribution in [3.8, 4) is 0 Å². The summed E-state index contributed by atoms with van der Waals surface area (Å²) in [5, 5.41) is 2.54. The number of pyridine rings is 1. The van der Waals surface area contributed by atoms with Crippen molar-refractivity contribution in [3.05, 3.63) is 69.8 Å². The Labute approximate surface area is 224 Å². The Bertz CT molecular complexity index is 1310. The first kappa shape index (κ1) is 27.2. The van der Waals surface area contributed by atoms with Gasteiger partial charge in [-0.05, 0) is 43.2 Å². The second-order valence-corrected chi connectivity index (χ2v) is 10.4. The Balaban J connectivity index is 1.16. The number of piperazine rings is 1. The summed E-state index contributed by atoms with van der Waals surface area (Å²) in [4.78, 5) is 27.1. The molecule has 0 aliphatic carbocycles. The van der Waals surface area contributed by atoms with E-state index in [0.717, 1.165) is 29.3 Å². The number of piperidine rings is 1. The van der Waals surface area contributed by atoms with Crippen molar-refractivity contribution in [3.63, 3.8) is 0 Å². The van der Waals surface area contributed by atoms with Gasteiger partial charge < -0.3 is 14.7 Å². The predicted octanol–water partition coefficient (Wildman–Crippen LogP) is 5.92. The van der Waals surface area contributed by atoms with Crippen LogP contribution in [-0.4, -0.2) is 60.0 Å². The first-order chi connectivity index (χ1) is 18.5. The van der Waals surface area contributed by atoms with Gasteiger partial charge in [0.25, 0.3) is 5.91 Å². The fourth-order valence-corrected chi connectivity index (χ4v) is 5.87. The number of nitrogens with zero attached hydrogens (tertiary/aromatic N) is 5. The van der Waals surface area contributed by atoms with E-state index in [-0.39, 0.29) is 11.8 Å². The molecule has 1 amide bonds. The Morgan fingerprint density at radius 2 is 1.51 bits per heavy atom. The molecule has 0 atom stereocenters. The molecule has 0 bridgehead atoms. The molecule has 208 valence electrons. The number of halogens is 6. The van der Waals surface area contributed by atoms with Gasteiger partial charge in [0, 0.05) is 62.5 Å². The summed E-state index contributed by atoms with van der Waals surface area (Å²) in [6.07, 6.45) is -6.32. The van der Waals surface area contributed by atoms with Gasteiger partial charge in [0.1, 0.15) is 11.5 Å². The number of alkyl halides is 6. The van der Waals surface area contributed by atoms with E-state index in [9.17, 15) is 31.1 Å². The maximum Gasteiger partial charge on any atom is 0.416 e. The molecule has 0 radical (unpaired) electrons. The lowest BCUT2D eigenvalue weighted by atomic mass is 9.97. The number of hydrogen-bond donors (Lipinski definition) is 0. The zero-order valence-electron chi connectivity index (χ0n) is 20.7. The summed E-state index contributed by atoms with van der Waals surface area (Å²) in [7, 11) is 0. The number of aromatic nitrogens is 2. The molecule has 3 aromatic rings. The van der Waals surface area contributed by atoms with Crippen molar-refractivity contribution in [2.75, 3.05) is 49.1 Å². The average Bonchev–Trinajstić information content (AvgIpc) is 3.43. The van der Waals surface area contributed by atoms with Crippen molar-refractivity contribution >= 4 is 28.7 Å². The third-order valence-electron chi connectivity index (χ3n) is 7.09. The van der Waals surface area contributed by atoms with Gasteiger partial charge >= 0.3 is 12.4 Å². The molecular formula is C26H25F6N5OS. The minimum absolute atomic E-state index is 0.0938. The molecule has 0 saturated carbocycles. The van der Waals surface area contributed by atoms with Crippen LogP contribution in [0.15, 0.2) is 48.0 Å². The van der Waals surface area contributed by atoms with Crippen LogP contribution in [0.25, 0.3) is 0 Å². The van der Waals surface area contributed by atoms with E-state index in [2.05, 4.69) is 9.97 Å². The summed E-state index contributed by atoms with van der Waals surface area (Å²) in [6, 6.07) is 7.19.